The molecule has 0 atom stereocenters. The SMILES string of the molecule is Cc1cc[nH+]cc1.O=C1C(O)=C(Cl)C(=O)C([O-])=C1Cl. The third-order valence-electron chi connectivity index (χ3n) is 2.11. The summed E-state index contributed by atoms with van der Waals surface area (Å²) in [6.07, 6.45) is 3.82. The number of ketones is 2. The van der Waals surface area contributed by atoms with Crippen LogP contribution in [0.4, 0.5) is 0 Å². The number of H-pyrrole nitrogens is 1. The molecule has 1 aromatic rings. The molecule has 0 aliphatic heterocycles. The van der Waals surface area contributed by atoms with Crippen LogP contribution in [-0.4, -0.2) is 16.7 Å². The van der Waals surface area contributed by atoms with Gasteiger partial charge < -0.3 is 10.2 Å². The lowest BCUT2D eigenvalue weighted by molar-refractivity contribution is -0.378. The predicted molar refractivity (Wildman–Crippen MR) is 66.1 cm³/mol. The fourth-order valence-corrected chi connectivity index (χ4v) is 1.43. The summed E-state index contributed by atoms with van der Waals surface area (Å²) in [7, 11) is 0. The molecular formula is C12H9Cl2NO4. The van der Waals surface area contributed by atoms with Crippen LogP contribution in [0.2, 0.25) is 0 Å². The van der Waals surface area contributed by atoms with Crippen LogP contribution in [0.1, 0.15) is 5.56 Å². The van der Waals surface area contributed by atoms with E-state index in [0.717, 1.165) is 0 Å². The summed E-state index contributed by atoms with van der Waals surface area (Å²) in [4.78, 5) is 24.4. The second-order valence-corrected chi connectivity index (χ2v) is 4.30. The van der Waals surface area contributed by atoms with E-state index in [2.05, 4.69) is 11.9 Å². The highest BCUT2D eigenvalue weighted by atomic mass is 35.5. The Kier molecular flexibility index (Phi) is 5.09. The van der Waals surface area contributed by atoms with Gasteiger partial charge in [-0.2, -0.15) is 0 Å². The number of aromatic amines is 1. The Bertz CT molecular complexity index is 517. The van der Waals surface area contributed by atoms with Gasteiger partial charge in [-0.1, -0.05) is 23.2 Å². The molecule has 1 aromatic heterocycles. The molecule has 0 saturated carbocycles. The zero-order valence-electron chi connectivity index (χ0n) is 9.74. The topological polar surface area (TPSA) is 91.6 Å². The van der Waals surface area contributed by atoms with Gasteiger partial charge in [-0.3, -0.25) is 9.59 Å². The number of aryl methyl sites for hydroxylation is 1. The molecule has 0 radical (unpaired) electrons. The van der Waals surface area contributed by atoms with Gasteiger partial charge in [0.05, 0.1) is 5.03 Å². The zero-order valence-corrected chi connectivity index (χ0v) is 11.2. The fourth-order valence-electron chi connectivity index (χ4n) is 1.08. The van der Waals surface area contributed by atoms with Gasteiger partial charge in [0.2, 0.25) is 5.78 Å². The van der Waals surface area contributed by atoms with Gasteiger partial charge in [0.1, 0.15) is 5.03 Å². The van der Waals surface area contributed by atoms with Crippen LogP contribution in [0.25, 0.3) is 0 Å². The summed E-state index contributed by atoms with van der Waals surface area (Å²) >= 11 is 10.3. The van der Waals surface area contributed by atoms with E-state index < -0.39 is 33.1 Å². The van der Waals surface area contributed by atoms with Crippen LogP contribution in [0.15, 0.2) is 46.1 Å². The summed E-state index contributed by atoms with van der Waals surface area (Å²) in [5, 5.41) is 17.9. The predicted octanol–water partition coefficient (Wildman–Crippen LogP) is 0.766. The molecule has 1 heterocycles. The molecule has 0 amide bonds. The third kappa shape index (κ3) is 3.56. The number of aliphatic hydroxyl groups is 1. The average Bonchev–Trinajstić information content (AvgIpc) is 2.42. The summed E-state index contributed by atoms with van der Waals surface area (Å²) < 4.78 is 0. The lowest BCUT2D eigenvalue weighted by Crippen LogP contribution is -2.26. The van der Waals surface area contributed by atoms with Gasteiger partial charge in [0.25, 0.3) is 0 Å². The van der Waals surface area contributed by atoms with Crippen LogP contribution in [0.3, 0.4) is 0 Å². The number of allylic oxidation sites excluding steroid dienone is 2. The summed E-state index contributed by atoms with van der Waals surface area (Å²) in [6, 6.07) is 4.06. The molecule has 2 rings (SSSR count). The number of pyridine rings is 1. The Labute approximate surface area is 118 Å². The van der Waals surface area contributed by atoms with Crippen LogP contribution in [0.5, 0.6) is 0 Å². The van der Waals surface area contributed by atoms with Crippen molar-refractivity contribution in [2.75, 3.05) is 0 Å². The molecular weight excluding hydrogens is 293 g/mol. The second kappa shape index (κ2) is 6.36. The molecule has 1 aliphatic rings. The maximum Gasteiger partial charge on any atom is 0.239 e. The first-order chi connectivity index (χ1) is 8.86. The van der Waals surface area contributed by atoms with Crippen molar-refractivity contribution < 1.29 is 24.8 Å². The molecule has 0 saturated heterocycles. The first-order valence-corrected chi connectivity index (χ1v) is 5.79. The van der Waals surface area contributed by atoms with Crippen LogP contribution in [0, 0.1) is 6.92 Å². The lowest BCUT2D eigenvalue weighted by Gasteiger charge is -2.17. The highest BCUT2D eigenvalue weighted by Gasteiger charge is 2.28. The smallest absolute Gasteiger partial charge is 0.239 e. The average molecular weight is 302 g/mol. The normalized spacial score (nSPS) is 15.3. The summed E-state index contributed by atoms with van der Waals surface area (Å²) in [5.74, 6) is -4.46. The zero-order chi connectivity index (χ0) is 14.6. The van der Waals surface area contributed by atoms with Crippen molar-refractivity contribution in [2.45, 2.75) is 6.92 Å². The molecule has 0 spiro atoms. The minimum atomic E-state index is -1.19. The number of nitrogens with one attached hydrogen (secondary N) is 1. The van der Waals surface area contributed by atoms with Crippen molar-refractivity contribution in [1.82, 2.24) is 0 Å². The van der Waals surface area contributed by atoms with Crippen molar-refractivity contribution in [2.24, 2.45) is 0 Å². The van der Waals surface area contributed by atoms with Crippen molar-refractivity contribution in [3.05, 3.63) is 51.7 Å². The summed E-state index contributed by atoms with van der Waals surface area (Å²) in [6.45, 7) is 2.06. The van der Waals surface area contributed by atoms with E-state index in [1.54, 1.807) is 0 Å². The van der Waals surface area contributed by atoms with Crippen molar-refractivity contribution in [3.8, 4) is 0 Å². The second-order valence-electron chi connectivity index (χ2n) is 3.54. The quantitative estimate of drug-likeness (QED) is 0.716. The molecule has 1 aliphatic carbocycles. The van der Waals surface area contributed by atoms with Gasteiger partial charge in [-0.15, -0.1) is 0 Å². The fraction of sp³-hybridized carbons (Fsp3) is 0.0833. The Hall–Kier alpha value is -1.85. The Morgan fingerprint density at radius 3 is 2.05 bits per heavy atom. The molecule has 7 heteroatoms. The monoisotopic (exact) mass is 301 g/mol. The highest BCUT2D eigenvalue weighted by molar-refractivity contribution is 6.55. The third-order valence-corrected chi connectivity index (χ3v) is 2.81. The van der Waals surface area contributed by atoms with Crippen molar-refractivity contribution in [3.63, 3.8) is 0 Å². The van der Waals surface area contributed by atoms with E-state index in [-0.39, 0.29) is 0 Å². The van der Waals surface area contributed by atoms with Crippen LogP contribution >= 0.6 is 23.2 Å². The van der Waals surface area contributed by atoms with Crippen LogP contribution < -0.4 is 10.1 Å². The number of carbonyl (C=O) groups excluding carboxylic acids is 2. The maximum atomic E-state index is 10.8. The number of carbonyl (C=O) groups is 2. The standard InChI is InChI=1S/C6H2Cl2O4.C6H7N/c7-1-3(9)5(11)2(8)6(12)4(1)10;1-6-2-4-7-5-3-6/h9,12H;2-5H,1H3. The minimum Gasteiger partial charge on any atom is -0.869 e. The number of rotatable bonds is 0. The highest BCUT2D eigenvalue weighted by Crippen LogP contribution is 2.24. The molecule has 5 nitrogen and oxygen atoms in total. The maximum absolute atomic E-state index is 10.8. The number of hydrogen-bond acceptors (Lipinski definition) is 4. The van der Waals surface area contributed by atoms with Gasteiger partial charge in [-0.25, -0.2) is 4.98 Å². The number of aromatic nitrogens is 1. The van der Waals surface area contributed by atoms with Gasteiger partial charge in [0, 0.05) is 12.1 Å². The van der Waals surface area contributed by atoms with E-state index in [0.29, 0.717) is 0 Å². The molecule has 2 N–H and O–H groups in total. The lowest BCUT2D eigenvalue weighted by atomic mass is 10.1. The Balaban J connectivity index is 0.000000218. The van der Waals surface area contributed by atoms with E-state index in [9.17, 15) is 14.7 Å². The van der Waals surface area contributed by atoms with E-state index in [1.165, 1.54) is 5.56 Å². The Morgan fingerprint density at radius 1 is 1.11 bits per heavy atom. The van der Waals surface area contributed by atoms with Gasteiger partial charge >= 0.3 is 0 Å². The first-order valence-electron chi connectivity index (χ1n) is 5.04. The van der Waals surface area contributed by atoms with Crippen molar-refractivity contribution in [1.29, 1.82) is 0 Å². The molecule has 0 fully saturated rings. The number of hydrogen-bond donors (Lipinski definition) is 1. The Morgan fingerprint density at radius 2 is 1.63 bits per heavy atom. The number of Topliss-reactive ketones (excluding diaryl/α,β-unsaturated/α-hetero) is 2. The molecule has 0 bridgehead atoms. The number of aliphatic hydroxyl groups excluding tert-OH is 1. The van der Waals surface area contributed by atoms with E-state index >= 15 is 0 Å². The molecule has 100 valence electrons. The minimum absolute atomic E-state index is 0.783. The molecule has 0 unspecified atom stereocenters. The largest absolute Gasteiger partial charge is 0.869 e. The van der Waals surface area contributed by atoms with Gasteiger partial charge in [0.15, 0.2) is 23.9 Å². The van der Waals surface area contributed by atoms with Crippen LogP contribution in [-0.2, 0) is 9.59 Å². The first kappa shape index (κ1) is 15.2. The van der Waals surface area contributed by atoms with Crippen molar-refractivity contribution >= 4 is 34.8 Å². The van der Waals surface area contributed by atoms with Gasteiger partial charge in [-0.05, 0) is 18.2 Å². The summed E-state index contributed by atoms with van der Waals surface area (Å²) in [5.41, 5.74) is 1.29. The number of halogens is 2. The van der Waals surface area contributed by atoms with E-state index in [1.807, 2.05) is 24.5 Å². The molecule has 19 heavy (non-hydrogen) atoms. The molecule has 0 aromatic carbocycles. The van der Waals surface area contributed by atoms with E-state index in [4.69, 9.17) is 28.3 Å².